The molecule has 0 saturated heterocycles. The first-order valence-electron chi connectivity index (χ1n) is 44.1. The van der Waals surface area contributed by atoms with Gasteiger partial charge in [-0.2, -0.15) is 0 Å². The molecule has 30 nitrogen and oxygen atoms in total. The van der Waals surface area contributed by atoms with E-state index < -0.39 is 54.0 Å². The van der Waals surface area contributed by atoms with Gasteiger partial charge in [-0.1, -0.05) is 66.7 Å². The van der Waals surface area contributed by atoms with Gasteiger partial charge in [0.1, 0.15) is 128 Å². The number of thiophene rings is 5. The number of hydrogen-bond acceptors (Lipinski definition) is 37. The maximum absolute atomic E-state index is 12.9. The number of nitrogen functional groups attached to an aromatic ring is 4. The van der Waals surface area contributed by atoms with E-state index in [-0.39, 0.29) is 0 Å². The third-order valence-electron chi connectivity index (χ3n) is 22.2. The smallest absolute Gasteiger partial charge is 0.141 e. The zero-order chi connectivity index (χ0) is 96.7. The molecule has 0 saturated carbocycles. The average Bonchev–Trinajstić information content (AvgIpc) is 1.56. The van der Waals surface area contributed by atoms with Crippen LogP contribution in [0.3, 0.4) is 0 Å². The van der Waals surface area contributed by atoms with Gasteiger partial charge < -0.3 is 42.0 Å². The molecule has 1 aliphatic rings. The van der Waals surface area contributed by atoms with E-state index >= 15 is 0 Å². The Balaban J connectivity index is 0.000000119. The minimum atomic E-state index is -1.13. The Morgan fingerprint density at radius 1 is 0.312 bits per heavy atom. The van der Waals surface area contributed by atoms with Gasteiger partial charge in [0.25, 0.3) is 0 Å². The predicted octanol–water partition coefficient (Wildman–Crippen LogP) is 23.1. The van der Waals surface area contributed by atoms with Crippen molar-refractivity contribution < 1.29 is 21.0 Å². The summed E-state index contributed by atoms with van der Waals surface area (Å²) in [5.74, 6) is 6.59. The molecule has 1 aliphatic heterocycles. The molecule has 138 heavy (non-hydrogen) atoms. The summed E-state index contributed by atoms with van der Waals surface area (Å²) in [6.45, 7) is 16.4. The number of unbranched alkanes of at least 4 members (excludes halogenated alkanes) is 5. The number of rotatable bonds is 29. The van der Waals surface area contributed by atoms with E-state index in [2.05, 4.69) is 99.7 Å². The van der Waals surface area contributed by atoms with Crippen molar-refractivity contribution in [2.75, 3.05) is 57.0 Å². The van der Waals surface area contributed by atoms with Crippen molar-refractivity contribution in [2.45, 2.75) is 141 Å². The van der Waals surface area contributed by atoms with Gasteiger partial charge in [0.15, 0.2) is 0 Å². The van der Waals surface area contributed by atoms with Crippen molar-refractivity contribution >= 4 is 253 Å². The van der Waals surface area contributed by atoms with E-state index in [1.165, 1.54) is 108 Å². The first-order chi connectivity index (χ1) is 66.9. The lowest BCUT2D eigenvalue weighted by atomic mass is 10.0. The van der Waals surface area contributed by atoms with Crippen LogP contribution in [0.1, 0.15) is 116 Å². The van der Waals surface area contributed by atoms with Gasteiger partial charge in [-0.25, -0.2) is 74.8 Å². The molecule has 0 aromatic carbocycles. The van der Waals surface area contributed by atoms with E-state index in [4.69, 9.17) is 47.9 Å². The second-order valence-corrected chi connectivity index (χ2v) is 50.0. The summed E-state index contributed by atoms with van der Waals surface area (Å²) in [6, 6.07) is 9.95. The van der Waals surface area contributed by atoms with Crippen LogP contribution in [-0.4, -0.2) is 148 Å². The van der Waals surface area contributed by atoms with E-state index in [0.717, 1.165) is 252 Å². The van der Waals surface area contributed by atoms with Crippen molar-refractivity contribution in [3.8, 4) is 110 Å². The van der Waals surface area contributed by atoms with E-state index in [1.807, 2.05) is 138 Å². The molecule has 0 spiro atoms. The maximum Gasteiger partial charge on any atom is 0.141 e. The number of nitrogens with two attached hydrogens (primary N) is 4. The first-order valence-corrected chi connectivity index (χ1v) is 59.2. The standard InChI is InChI=1S/3C19H21N5OS3.C18H15N5OS3.C18H17N5OS3/c3*1-4-5-8-28(25)19-16(20)15-12(14-10-24(3)11(2)22-14)9-13(23-18(15)27-19)17-21-6-7-26-17;1-2-3-6-27(24)18-14-13-10(11-8-19-9-21-15(11)23-14)7-12(22-17(13)26-18)16-20-4-5-25-16;1-2-3-8-27(24)18-15(19)14-11(13-10-20-4-5-21-13)9-12(23-17(14)26-18)16-22-6-7-25-16/h3*6-7,9-10H,4-5,8,20H2,1-3H3;4-5,7-9H,2-3,6H2,1H3,(H,19,21,23);4-7,9-10H,2-3,8,19H2,1H3/t2*28-;;;/m10.../s1. The topological polar surface area (TPSA) is 435 Å². The van der Waals surface area contributed by atoms with Gasteiger partial charge in [0.05, 0.1) is 111 Å². The maximum atomic E-state index is 12.9. The molecule has 9 N–H and O–H groups in total. The number of nitrogens with zero attached hydrogens (tertiary/aromatic N) is 20. The van der Waals surface area contributed by atoms with Crippen LogP contribution in [0, 0.1) is 20.8 Å². The summed E-state index contributed by atoms with van der Waals surface area (Å²) in [6.07, 6.45) is 32.7. The van der Waals surface area contributed by atoms with Crippen LogP contribution in [0.2, 0.25) is 0 Å². The van der Waals surface area contributed by atoms with Crippen LogP contribution in [0.4, 0.5) is 34.3 Å². The van der Waals surface area contributed by atoms with Crippen molar-refractivity contribution in [1.29, 1.82) is 0 Å². The Hall–Kier alpha value is -10.8. The highest BCUT2D eigenvalue weighted by molar-refractivity contribution is 7.89. The summed E-state index contributed by atoms with van der Waals surface area (Å²) in [5.41, 5.74) is 41.7. The lowest BCUT2D eigenvalue weighted by molar-refractivity contribution is 0.680. The minimum absolute atomic E-state index is 0.531. The van der Waals surface area contributed by atoms with Crippen molar-refractivity contribution in [1.82, 2.24) is 98.4 Å². The SMILES string of the molecule is CCCCS(=O)c1sc2nc(-c3nccs3)cc(-c3cn(C)c(C)n3)c2c1N.CCCCS(=O)c1sc2nc(-c3nccs3)cc(-c3cnccn3)c2c1N.CCCCS(=O)c1sc2nc(-c3nccs3)cc3c2c1Nc1ncncc1-3.CCCC[S@@](=O)c1sc2nc(-c3nccs3)cc(-c3cn(C)c(C)n3)c2c1N.CCCC[S@](=O)c1sc2nc(-c3nccs3)cc(-c3cn(C)c(C)n3)c2c1N. The molecule has 0 radical (unpaired) electrons. The minimum Gasteiger partial charge on any atom is -0.396 e. The number of aryl methyl sites for hydroxylation is 6. The van der Waals surface area contributed by atoms with Gasteiger partial charge in [-0.05, 0) is 83.2 Å². The normalized spacial score (nSPS) is 12.8. The van der Waals surface area contributed by atoms with Crippen LogP contribution < -0.4 is 28.3 Å². The molecular formula is C93H95N25O5S15. The lowest BCUT2D eigenvalue weighted by Gasteiger charge is -2.18. The molecule has 45 heteroatoms. The van der Waals surface area contributed by atoms with Crippen LogP contribution in [0.25, 0.3) is 161 Å². The number of aromatic nitrogens is 20. The number of anilines is 6. The molecule has 0 bridgehead atoms. The molecule has 5 atom stereocenters. The van der Waals surface area contributed by atoms with Crippen molar-refractivity contribution in [2.24, 2.45) is 21.1 Å². The van der Waals surface area contributed by atoms with Crippen molar-refractivity contribution in [3.05, 3.63) is 155 Å². The molecule has 712 valence electrons. The average molecular weight is 2120 g/mol. The second kappa shape index (κ2) is 44.4. The molecule has 21 heterocycles. The molecular weight excluding hydrogens is 2030 g/mol. The summed E-state index contributed by atoms with van der Waals surface area (Å²) < 4.78 is 73.6. The molecule has 21 rings (SSSR count). The first kappa shape index (κ1) is 98.8. The zero-order valence-electron chi connectivity index (χ0n) is 76.8. The van der Waals surface area contributed by atoms with Crippen LogP contribution >= 0.6 is 113 Å². The van der Waals surface area contributed by atoms with E-state index in [9.17, 15) is 21.0 Å². The molecule has 20 aromatic heterocycles. The molecule has 0 fully saturated rings. The van der Waals surface area contributed by atoms with Crippen molar-refractivity contribution in [3.63, 3.8) is 0 Å². The van der Waals surface area contributed by atoms with Gasteiger partial charge >= 0.3 is 0 Å². The fourth-order valence-corrected chi connectivity index (χ4v) is 31.9. The Bertz CT molecular complexity index is 7310. The summed E-state index contributed by atoms with van der Waals surface area (Å²) >= 11 is 14.8. The summed E-state index contributed by atoms with van der Waals surface area (Å²) in [7, 11) is 0.347. The number of fused-ring (bicyclic) bond motifs is 6. The predicted molar refractivity (Wildman–Crippen MR) is 578 cm³/mol. The molecule has 0 amide bonds. The Morgan fingerprint density at radius 3 is 0.877 bits per heavy atom. The Morgan fingerprint density at radius 2 is 0.601 bits per heavy atom. The summed E-state index contributed by atoms with van der Waals surface area (Å²) in [5, 5.41) is 21.6. The highest BCUT2D eigenvalue weighted by Crippen LogP contribution is 2.52. The van der Waals surface area contributed by atoms with E-state index in [1.54, 1.807) is 60.9 Å². The van der Waals surface area contributed by atoms with Gasteiger partial charge in [-0.15, -0.1) is 113 Å². The Kier molecular flexibility index (Phi) is 31.8. The third kappa shape index (κ3) is 21.0. The molecule has 20 aromatic rings. The van der Waals surface area contributed by atoms with Crippen LogP contribution in [0.15, 0.2) is 159 Å². The largest absolute Gasteiger partial charge is 0.396 e. The fraction of sp³-hybridized carbons (Fsp3) is 0.280. The quantitative estimate of drug-likeness (QED) is 0.0291. The monoisotopic (exact) mass is 2120 g/mol. The zero-order valence-corrected chi connectivity index (χ0v) is 89.1. The number of nitrogens with one attached hydrogen (secondary N) is 1. The number of imidazole rings is 3. The highest BCUT2D eigenvalue weighted by Gasteiger charge is 2.32. The fourth-order valence-electron chi connectivity index (χ4n) is 14.8. The third-order valence-corrected chi connectivity index (χ3v) is 41.2. The number of hydrogen-bond donors (Lipinski definition) is 5. The Labute approximate surface area is 847 Å². The van der Waals surface area contributed by atoms with Crippen LogP contribution in [0.5, 0.6) is 0 Å². The number of pyridine rings is 5. The van der Waals surface area contributed by atoms with Gasteiger partial charge in [0, 0.05) is 205 Å². The van der Waals surface area contributed by atoms with Gasteiger partial charge in [-0.3, -0.25) is 31.0 Å². The lowest BCUT2D eigenvalue weighted by Crippen LogP contribution is -2.05. The molecule has 3 unspecified atom stereocenters. The highest BCUT2D eigenvalue weighted by atomic mass is 32.2. The second-order valence-electron chi connectivity index (χ2n) is 31.7. The number of thiazole rings is 5. The van der Waals surface area contributed by atoms with Crippen LogP contribution in [-0.2, 0) is 75.1 Å². The molecule has 0 aliphatic carbocycles. The van der Waals surface area contributed by atoms with Gasteiger partial charge in [0.2, 0.25) is 0 Å². The summed E-state index contributed by atoms with van der Waals surface area (Å²) in [4.78, 5) is 81.2. The van der Waals surface area contributed by atoms with E-state index in [0.29, 0.717) is 74.0 Å².